The van der Waals surface area contributed by atoms with Crippen LogP contribution < -0.4 is 0 Å². The second-order valence-corrected chi connectivity index (χ2v) is 5.38. The first kappa shape index (κ1) is 12.0. The molecule has 1 aliphatic rings. The SMILES string of the molecule is C#CC1(O)CCN(S(=O)(=O)CC(=O)O)C1. The van der Waals surface area contributed by atoms with Gasteiger partial charge in [0.05, 0.1) is 6.54 Å². The molecule has 15 heavy (non-hydrogen) atoms. The van der Waals surface area contributed by atoms with Gasteiger partial charge in [0.15, 0.2) is 5.75 Å². The number of terminal acetylenes is 1. The highest BCUT2D eigenvalue weighted by Gasteiger charge is 2.40. The van der Waals surface area contributed by atoms with Crippen molar-refractivity contribution in [2.75, 3.05) is 18.8 Å². The third-order valence-corrected chi connectivity index (χ3v) is 3.89. The van der Waals surface area contributed by atoms with Gasteiger partial charge in [-0.25, -0.2) is 8.42 Å². The number of rotatable bonds is 3. The van der Waals surface area contributed by atoms with E-state index in [0.717, 1.165) is 4.31 Å². The maximum Gasteiger partial charge on any atom is 0.320 e. The van der Waals surface area contributed by atoms with Crippen LogP contribution in [0.3, 0.4) is 0 Å². The average molecular weight is 233 g/mol. The lowest BCUT2D eigenvalue weighted by molar-refractivity contribution is -0.134. The molecular formula is C8H11NO5S. The summed E-state index contributed by atoms with van der Waals surface area (Å²) < 4.78 is 23.7. The molecule has 0 amide bonds. The van der Waals surface area contributed by atoms with Crippen LogP contribution in [0.5, 0.6) is 0 Å². The molecule has 0 spiro atoms. The first-order valence-corrected chi connectivity index (χ1v) is 5.80. The highest BCUT2D eigenvalue weighted by atomic mass is 32.2. The lowest BCUT2D eigenvalue weighted by Crippen LogP contribution is -2.37. The van der Waals surface area contributed by atoms with Gasteiger partial charge in [0, 0.05) is 13.0 Å². The van der Waals surface area contributed by atoms with E-state index in [2.05, 4.69) is 5.92 Å². The first-order valence-electron chi connectivity index (χ1n) is 4.19. The normalized spacial score (nSPS) is 27.5. The molecule has 0 aromatic heterocycles. The minimum Gasteiger partial charge on any atom is -0.480 e. The molecule has 1 aliphatic heterocycles. The number of carboxylic acids is 1. The number of aliphatic carboxylic acids is 1. The summed E-state index contributed by atoms with van der Waals surface area (Å²) in [6, 6.07) is 0. The number of β-amino-alcohol motifs (C(OH)–C–C–N with tert-alkyl or cyclic N) is 1. The third-order valence-electron chi connectivity index (χ3n) is 2.18. The van der Waals surface area contributed by atoms with Gasteiger partial charge in [-0.15, -0.1) is 6.42 Å². The van der Waals surface area contributed by atoms with E-state index in [1.54, 1.807) is 0 Å². The average Bonchev–Trinajstić information content (AvgIpc) is 2.47. The number of nitrogens with zero attached hydrogens (tertiary/aromatic N) is 1. The largest absolute Gasteiger partial charge is 0.480 e. The van der Waals surface area contributed by atoms with Crippen molar-refractivity contribution in [3.63, 3.8) is 0 Å². The third kappa shape index (κ3) is 2.68. The molecule has 0 radical (unpaired) electrons. The molecule has 1 atom stereocenters. The zero-order valence-electron chi connectivity index (χ0n) is 7.88. The maximum absolute atomic E-state index is 11.4. The highest BCUT2D eigenvalue weighted by Crippen LogP contribution is 2.22. The monoisotopic (exact) mass is 233 g/mol. The molecular weight excluding hydrogens is 222 g/mol. The molecule has 1 fully saturated rings. The van der Waals surface area contributed by atoms with Crippen molar-refractivity contribution in [1.82, 2.24) is 4.31 Å². The molecule has 1 heterocycles. The van der Waals surface area contributed by atoms with Crippen LogP contribution in [0.4, 0.5) is 0 Å². The van der Waals surface area contributed by atoms with Gasteiger partial charge in [0.25, 0.3) is 0 Å². The van der Waals surface area contributed by atoms with Gasteiger partial charge < -0.3 is 10.2 Å². The van der Waals surface area contributed by atoms with Gasteiger partial charge >= 0.3 is 5.97 Å². The van der Waals surface area contributed by atoms with Crippen molar-refractivity contribution in [3.05, 3.63) is 0 Å². The number of carboxylic acid groups (broad SMARTS) is 1. The Kier molecular flexibility index (Phi) is 3.04. The molecule has 1 unspecified atom stereocenters. The molecule has 7 heteroatoms. The molecule has 2 N–H and O–H groups in total. The molecule has 6 nitrogen and oxygen atoms in total. The highest BCUT2D eigenvalue weighted by molar-refractivity contribution is 7.89. The van der Waals surface area contributed by atoms with Gasteiger partial charge in [0.1, 0.15) is 5.60 Å². The van der Waals surface area contributed by atoms with Crippen molar-refractivity contribution in [2.24, 2.45) is 0 Å². The maximum atomic E-state index is 11.4. The van der Waals surface area contributed by atoms with Gasteiger partial charge in [-0.1, -0.05) is 5.92 Å². The van der Waals surface area contributed by atoms with E-state index in [-0.39, 0.29) is 19.5 Å². The van der Waals surface area contributed by atoms with Crippen LogP contribution in [0.25, 0.3) is 0 Å². The first-order chi connectivity index (χ1) is 6.79. The molecule has 1 rings (SSSR count). The molecule has 0 bridgehead atoms. The van der Waals surface area contributed by atoms with E-state index in [9.17, 15) is 18.3 Å². The summed E-state index contributed by atoms with van der Waals surface area (Å²) in [4.78, 5) is 10.3. The Morgan fingerprint density at radius 2 is 2.20 bits per heavy atom. The summed E-state index contributed by atoms with van der Waals surface area (Å²) >= 11 is 0. The van der Waals surface area contributed by atoms with E-state index < -0.39 is 27.3 Å². The molecule has 84 valence electrons. The summed E-state index contributed by atoms with van der Waals surface area (Å²) in [6.45, 7) is -0.185. The van der Waals surface area contributed by atoms with Crippen LogP contribution >= 0.6 is 0 Å². The molecule has 0 aliphatic carbocycles. The molecule has 0 saturated carbocycles. The van der Waals surface area contributed by atoms with Gasteiger partial charge in [-0.2, -0.15) is 4.31 Å². The van der Waals surface area contributed by atoms with E-state index in [0.29, 0.717) is 0 Å². The summed E-state index contributed by atoms with van der Waals surface area (Å²) in [5.41, 5.74) is -1.47. The predicted octanol–water partition coefficient (Wildman–Crippen LogP) is -1.53. The molecule has 0 aromatic carbocycles. The second-order valence-electron chi connectivity index (χ2n) is 3.41. The summed E-state index contributed by atoms with van der Waals surface area (Å²) in [6.07, 6.45) is 5.16. The zero-order chi connectivity index (χ0) is 11.7. The van der Waals surface area contributed by atoms with Crippen LogP contribution in [-0.4, -0.2) is 53.3 Å². The Morgan fingerprint density at radius 1 is 1.60 bits per heavy atom. The Hall–Kier alpha value is -1.10. The number of sulfonamides is 1. The van der Waals surface area contributed by atoms with Crippen molar-refractivity contribution < 1.29 is 23.4 Å². The number of carbonyl (C=O) groups is 1. The zero-order valence-corrected chi connectivity index (χ0v) is 8.70. The number of hydrogen-bond donors (Lipinski definition) is 2. The van der Waals surface area contributed by atoms with Crippen molar-refractivity contribution in [3.8, 4) is 12.3 Å². The predicted molar refractivity (Wildman–Crippen MR) is 51.4 cm³/mol. The van der Waals surface area contributed by atoms with Crippen LogP contribution in [0.2, 0.25) is 0 Å². The lowest BCUT2D eigenvalue weighted by Gasteiger charge is -2.17. The Labute approximate surface area is 87.6 Å². The fourth-order valence-corrected chi connectivity index (χ4v) is 2.64. The summed E-state index contributed by atoms with van der Waals surface area (Å²) in [5, 5.41) is 18.0. The van der Waals surface area contributed by atoms with Crippen LogP contribution in [-0.2, 0) is 14.8 Å². The van der Waals surface area contributed by atoms with Gasteiger partial charge in [0.2, 0.25) is 10.0 Å². The standard InChI is InChI=1S/C8H11NO5S/c1-2-8(12)3-4-9(6-8)15(13,14)5-7(10)11/h1,12H,3-6H2,(H,10,11). The quantitative estimate of drug-likeness (QED) is 0.577. The lowest BCUT2D eigenvalue weighted by atomic mass is 10.1. The Bertz CT molecular complexity index is 409. The molecule has 1 saturated heterocycles. The second kappa shape index (κ2) is 3.81. The fourth-order valence-electron chi connectivity index (χ4n) is 1.36. The minimum atomic E-state index is -3.86. The smallest absolute Gasteiger partial charge is 0.320 e. The summed E-state index contributed by atoms with van der Waals surface area (Å²) in [7, 11) is -3.86. The van der Waals surface area contributed by atoms with Crippen molar-refractivity contribution in [2.45, 2.75) is 12.0 Å². The Morgan fingerprint density at radius 3 is 2.60 bits per heavy atom. The molecule has 0 aromatic rings. The van der Waals surface area contributed by atoms with Gasteiger partial charge in [-0.3, -0.25) is 4.79 Å². The topological polar surface area (TPSA) is 94.9 Å². The summed E-state index contributed by atoms with van der Waals surface area (Å²) in [5.74, 6) is -0.306. The minimum absolute atomic E-state index is 0.0519. The van der Waals surface area contributed by atoms with Gasteiger partial charge in [-0.05, 0) is 0 Å². The fraction of sp³-hybridized carbons (Fsp3) is 0.625. The van der Waals surface area contributed by atoms with E-state index in [1.165, 1.54) is 0 Å². The number of hydrogen-bond acceptors (Lipinski definition) is 4. The van der Waals surface area contributed by atoms with Crippen molar-refractivity contribution >= 4 is 16.0 Å². The Balaban J connectivity index is 2.78. The van der Waals surface area contributed by atoms with Crippen LogP contribution in [0, 0.1) is 12.3 Å². The van der Waals surface area contributed by atoms with Crippen LogP contribution in [0.15, 0.2) is 0 Å². The number of aliphatic hydroxyl groups is 1. The van der Waals surface area contributed by atoms with Crippen molar-refractivity contribution in [1.29, 1.82) is 0 Å². The van der Waals surface area contributed by atoms with E-state index in [1.807, 2.05) is 0 Å². The van der Waals surface area contributed by atoms with E-state index in [4.69, 9.17) is 11.5 Å². The van der Waals surface area contributed by atoms with E-state index >= 15 is 0 Å². The van der Waals surface area contributed by atoms with Crippen LogP contribution in [0.1, 0.15) is 6.42 Å².